The van der Waals surface area contributed by atoms with E-state index >= 15 is 0 Å². The Bertz CT molecular complexity index is 334. The van der Waals surface area contributed by atoms with Crippen LogP contribution in [0.2, 0.25) is 0 Å². The Kier molecular flexibility index (Phi) is 4.53. The zero-order valence-electron chi connectivity index (χ0n) is 10.6. The molecule has 1 N–H and O–H groups in total. The van der Waals surface area contributed by atoms with E-state index in [0.29, 0.717) is 0 Å². The molecule has 1 aliphatic heterocycles. The molecule has 0 saturated carbocycles. The predicted octanol–water partition coefficient (Wildman–Crippen LogP) is 0.966. The Morgan fingerprint density at radius 1 is 1.47 bits per heavy atom. The molecule has 1 saturated heterocycles. The van der Waals surface area contributed by atoms with Crippen LogP contribution in [0.25, 0.3) is 0 Å². The predicted molar refractivity (Wildman–Crippen MR) is 64.9 cm³/mol. The van der Waals surface area contributed by atoms with Crippen molar-refractivity contribution >= 4 is 0 Å². The van der Waals surface area contributed by atoms with Gasteiger partial charge < -0.3 is 14.5 Å². The van der Waals surface area contributed by atoms with E-state index < -0.39 is 0 Å². The highest BCUT2D eigenvalue weighted by atomic mass is 16.5. The van der Waals surface area contributed by atoms with Gasteiger partial charge in [0.25, 0.3) is 0 Å². The molecule has 0 aliphatic carbocycles. The molecular formula is C12H21N3O2. The Balaban J connectivity index is 1.67. The van der Waals surface area contributed by atoms with Gasteiger partial charge in [-0.25, -0.2) is 4.98 Å². The van der Waals surface area contributed by atoms with Crippen LogP contribution in [0.5, 0.6) is 0 Å². The molecule has 17 heavy (non-hydrogen) atoms. The van der Waals surface area contributed by atoms with Crippen LogP contribution in [0, 0.1) is 6.92 Å². The molecule has 0 amide bonds. The second-order valence-electron chi connectivity index (χ2n) is 4.44. The van der Waals surface area contributed by atoms with Gasteiger partial charge in [-0.15, -0.1) is 0 Å². The third kappa shape index (κ3) is 3.80. The number of nitrogens with one attached hydrogen (secondary N) is 1. The van der Waals surface area contributed by atoms with Crippen molar-refractivity contribution in [2.75, 3.05) is 39.4 Å². The van der Waals surface area contributed by atoms with Crippen LogP contribution in [-0.2, 0) is 4.74 Å². The van der Waals surface area contributed by atoms with E-state index in [2.05, 4.69) is 22.1 Å². The van der Waals surface area contributed by atoms with Crippen LogP contribution in [0.1, 0.15) is 24.6 Å². The summed E-state index contributed by atoms with van der Waals surface area (Å²) in [6, 6.07) is 0.171. The number of aromatic nitrogens is 1. The average Bonchev–Trinajstić information content (AvgIpc) is 2.77. The van der Waals surface area contributed by atoms with Gasteiger partial charge in [-0.1, -0.05) is 0 Å². The fourth-order valence-corrected chi connectivity index (χ4v) is 1.92. The van der Waals surface area contributed by atoms with Crippen molar-refractivity contribution in [1.82, 2.24) is 15.2 Å². The van der Waals surface area contributed by atoms with E-state index in [1.807, 2.05) is 6.92 Å². The first-order valence-corrected chi connectivity index (χ1v) is 6.21. The van der Waals surface area contributed by atoms with E-state index in [0.717, 1.165) is 51.0 Å². The van der Waals surface area contributed by atoms with Gasteiger partial charge in [-0.3, -0.25) is 4.90 Å². The Morgan fingerprint density at radius 3 is 2.88 bits per heavy atom. The molecule has 0 spiro atoms. The van der Waals surface area contributed by atoms with E-state index in [1.54, 1.807) is 6.20 Å². The molecule has 1 aromatic rings. The van der Waals surface area contributed by atoms with Gasteiger partial charge in [0.05, 0.1) is 25.5 Å². The molecule has 2 heterocycles. The highest BCUT2D eigenvalue weighted by Crippen LogP contribution is 2.11. The lowest BCUT2D eigenvalue weighted by Gasteiger charge is -2.26. The van der Waals surface area contributed by atoms with Crippen molar-refractivity contribution in [3.05, 3.63) is 17.8 Å². The molecule has 96 valence electrons. The fourth-order valence-electron chi connectivity index (χ4n) is 1.92. The van der Waals surface area contributed by atoms with E-state index in [-0.39, 0.29) is 6.04 Å². The number of hydrogen-bond acceptors (Lipinski definition) is 5. The summed E-state index contributed by atoms with van der Waals surface area (Å²) in [5.74, 6) is 1.63. The third-order valence-electron chi connectivity index (χ3n) is 2.99. The van der Waals surface area contributed by atoms with Gasteiger partial charge in [0.2, 0.25) is 5.89 Å². The average molecular weight is 239 g/mol. The van der Waals surface area contributed by atoms with Gasteiger partial charge in [0.1, 0.15) is 5.76 Å². The SMILES string of the molecule is Cc1cnc(C(C)NCCN2CCOCC2)o1. The lowest BCUT2D eigenvalue weighted by atomic mass is 10.3. The zero-order valence-corrected chi connectivity index (χ0v) is 10.6. The summed E-state index contributed by atoms with van der Waals surface area (Å²) < 4.78 is 10.8. The first-order chi connectivity index (χ1) is 8.25. The van der Waals surface area contributed by atoms with E-state index in [1.165, 1.54) is 0 Å². The number of nitrogens with zero attached hydrogens (tertiary/aromatic N) is 2. The molecule has 1 atom stereocenters. The lowest BCUT2D eigenvalue weighted by molar-refractivity contribution is 0.0381. The highest BCUT2D eigenvalue weighted by molar-refractivity contribution is 4.94. The number of oxazole rings is 1. The summed E-state index contributed by atoms with van der Waals surface area (Å²) >= 11 is 0. The second-order valence-corrected chi connectivity index (χ2v) is 4.44. The summed E-state index contributed by atoms with van der Waals surface area (Å²) in [6.07, 6.45) is 1.76. The van der Waals surface area contributed by atoms with Crippen LogP contribution in [-0.4, -0.2) is 49.3 Å². The van der Waals surface area contributed by atoms with Gasteiger partial charge >= 0.3 is 0 Å². The van der Waals surface area contributed by atoms with Crippen LogP contribution in [0.4, 0.5) is 0 Å². The van der Waals surface area contributed by atoms with Crippen molar-refractivity contribution in [2.24, 2.45) is 0 Å². The summed E-state index contributed by atoms with van der Waals surface area (Å²) in [6.45, 7) is 9.77. The van der Waals surface area contributed by atoms with Crippen LogP contribution >= 0.6 is 0 Å². The smallest absolute Gasteiger partial charge is 0.211 e. The minimum atomic E-state index is 0.171. The van der Waals surface area contributed by atoms with Crippen LogP contribution in [0.15, 0.2) is 10.6 Å². The summed E-state index contributed by atoms with van der Waals surface area (Å²) in [7, 11) is 0. The lowest BCUT2D eigenvalue weighted by Crippen LogP contribution is -2.40. The summed E-state index contributed by atoms with van der Waals surface area (Å²) in [5, 5.41) is 3.42. The van der Waals surface area contributed by atoms with Gasteiger partial charge in [0, 0.05) is 26.2 Å². The molecule has 1 unspecified atom stereocenters. The molecule has 0 aromatic carbocycles. The second kappa shape index (κ2) is 6.14. The first-order valence-electron chi connectivity index (χ1n) is 6.21. The molecular weight excluding hydrogens is 218 g/mol. The van der Waals surface area contributed by atoms with Crippen LogP contribution in [0.3, 0.4) is 0 Å². The van der Waals surface area contributed by atoms with E-state index in [4.69, 9.17) is 9.15 Å². The zero-order chi connectivity index (χ0) is 12.1. The monoisotopic (exact) mass is 239 g/mol. The molecule has 2 rings (SSSR count). The number of aryl methyl sites for hydroxylation is 1. The van der Waals surface area contributed by atoms with E-state index in [9.17, 15) is 0 Å². The standard InChI is InChI=1S/C12H21N3O2/c1-10-9-14-12(17-10)11(2)13-3-4-15-5-7-16-8-6-15/h9,11,13H,3-8H2,1-2H3. The minimum Gasteiger partial charge on any atom is -0.444 e. The summed E-state index contributed by atoms with van der Waals surface area (Å²) in [5.41, 5.74) is 0. The van der Waals surface area contributed by atoms with Gasteiger partial charge in [-0.05, 0) is 13.8 Å². The Morgan fingerprint density at radius 2 is 2.24 bits per heavy atom. The Hall–Kier alpha value is -0.910. The maximum Gasteiger partial charge on any atom is 0.211 e. The quantitative estimate of drug-likeness (QED) is 0.829. The topological polar surface area (TPSA) is 50.5 Å². The Labute approximate surface area is 102 Å². The maximum absolute atomic E-state index is 5.48. The first kappa shape index (κ1) is 12.5. The molecule has 1 aliphatic rings. The number of hydrogen-bond donors (Lipinski definition) is 1. The molecule has 1 aromatic heterocycles. The van der Waals surface area contributed by atoms with Crippen molar-refractivity contribution in [1.29, 1.82) is 0 Å². The van der Waals surface area contributed by atoms with Crippen molar-refractivity contribution in [3.63, 3.8) is 0 Å². The minimum absolute atomic E-state index is 0.171. The number of rotatable bonds is 5. The normalized spacial score (nSPS) is 19.4. The van der Waals surface area contributed by atoms with Gasteiger partial charge in [-0.2, -0.15) is 0 Å². The fraction of sp³-hybridized carbons (Fsp3) is 0.750. The number of morpholine rings is 1. The molecule has 5 heteroatoms. The number of ether oxygens (including phenoxy) is 1. The largest absolute Gasteiger partial charge is 0.444 e. The summed E-state index contributed by atoms with van der Waals surface area (Å²) in [4.78, 5) is 6.63. The molecule has 5 nitrogen and oxygen atoms in total. The van der Waals surface area contributed by atoms with Crippen molar-refractivity contribution in [2.45, 2.75) is 19.9 Å². The molecule has 0 radical (unpaired) electrons. The molecule has 0 bridgehead atoms. The molecule has 1 fully saturated rings. The van der Waals surface area contributed by atoms with Gasteiger partial charge in [0.15, 0.2) is 0 Å². The maximum atomic E-state index is 5.48. The van der Waals surface area contributed by atoms with Crippen molar-refractivity contribution < 1.29 is 9.15 Å². The van der Waals surface area contributed by atoms with Crippen molar-refractivity contribution in [3.8, 4) is 0 Å². The van der Waals surface area contributed by atoms with Crippen LogP contribution < -0.4 is 5.32 Å². The third-order valence-corrected chi connectivity index (χ3v) is 2.99. The highest BCUT2D eigenvalue weighted by Gasteiger charge is 2.12.